The van der Waals surface area contributed by atoms with Crippen molar-refractivity contribution in [2.24, 2.45) is 0 Å². The Balaban J connectivity index is 1.79. The number of ether oxygens (including phenoxy) is 1. The molecule has 3 rings (SSSR count). The summed E-state index contributed by atoms with van der Waals surface area (Å²) in [6, 6.07) is 15.9. The van der Waals surface area contributed by atoms with Crippen LogP contribution in [0.4, 0.5) is 13.2 Å². The van der Waals surface area contributed by atoms with Crippen LogP contribution in [0.25, 0.3) is 11.3 Å². The molecule has 0 saturated heterocycles. The second kappa shape index (κ2) is 10.3. The standard InChI is InChI=1S/C25H24F3NO3/c1-2-6-18-15-17(12-14-24(30)31)11-13-19(18)16-32-23-10-5-9-22(29-23)20-7-3-4-8-21(20)25(26,27)28/h3-5,7-11,13,15H,2,6,12,14,16H2,1H3,(H,30,31). The van der Waals surface area contributed by atoms with Gasteiger partial charge in [0, 0.05) is 18.1 Å². The molecule has 3 aromatic rings. The number of aromatic nitrogens is 1. The molecule has 4 nitrogen and oxygen atoms in total. The van der Waals surface area contributed by atoms with Gasteiger partial charge in [-0.2, -0.15) is 13.2 Å². The van der Waals surface area contributed by atoms with Crippen LogP contribution in [0.5, 0.6) is 5.88 Å². The Morgan fingerprint density at radius 1 is 1.00 bits per heavy atom. The van der Waals surface area contributed by atoms with Crippen LogP contribution in [0.3, 0.4) is 0 Å². The number of hydrogen-bond donors (Lipinski definition) is 1. The van der Waals surface area contributed by atoms with Crippen LogP contribution in [0, 0.1) is 0 Å². The van der Waals surface area contributed by atoms with E-state index >= 15 is 0 Å². The molecule has 168 valence electrons. The molecule has 1 heterocycles. The summed E-state index contributed by atoms with van der Waals surface area (Å²) in [6.45, 7) is 2.27. The first-order valence-corrected chi connectivity index (χ1v) is 10.4. The van der Waals surface area contributed by atoms with Crippen molar-refractivity contribution in [2.45, 2.75) is 45.4 Å². The van der Waals surface area contributed by atoms with E-state index < -0.39 is 17.7 Å². The van der Waals surface area contributed by atoms with Crippen LogP contribution in [0.2, 0.25) is 0 Å². The molecule has 0 radical (unpaired) electrons. The minimum absolute atomic E-state index is 0.0000876. The molecule has 0 fully saturated rings. The van der Waals surface area contributed by atoms with Crippen LogP contribution in [-0.2, 0) is 30.4 Å². The lowest BCUT2D eigenvalue weighted by molar-refractivity contribution is -0.137. The van der Waals surface area contributed by atoms with Crippen LogP contribution in [-0.4, -0.2) is 16.1 Å². The molecule has 0 unspecified atom stereocenters. The first-order valence-electron chi connectivity index (χ1n) is 10.4. The number of rotatable bonds is 9. The minimum Gasteiger partial charge on any atom is -0.481 e. The predicted molar refractivity (Wildman–Crippen MR) is 115 cm³/mol. The predicted octanol–water partition coefficient (Wildman–Crippen LogP) is 6.32. The number of carboxylic acid groups (broad SMARTS) is 1. The number of carboxylic acids is 1. The molecule has 0 bridgehead atoms. The van der Waals surface area contributed by atoms with Crippen molar-refractivity contribution in [2.75, 3.05) is 0 Å². The first kappa shape index (κ1) is 23.3. The molecular formula is C25H24F3NO3. The van der Waals surface area contributed by atoms with E-state index in [-0.39, 0.29) is 30.2 Å². The highest BCUT2D eigenvalue weighted by molar-refractivity contribution is 5.67. The molecular weight excluding hydrogens is 419 g/mol. The normalized spacial score (nSPS) is 11.4. The fourth-order valence-corrected chi connectivity index (χ4v) is 3.48. The van der Waals surface area contributed by atoms with E-state index in [4.69, 9.17) is 9.84 Å². The number of hydrogen-bond acceptors (Lipinski definition) is 3. The maximum Gasteiger partial charge on any atom is 0.417 e. The molecule has 0 amide bonds. The van der Waals surface area contributed by atoms with E-state index in [1.807, 2.05) is 18.2 Å². The third kappa shape index (κ3) is 6.09. The highest BCUT2D eigenvalue weighted by Crippen LogP contribution is 2.36. The molecule has 1 aromatic heterocycles. The highest BCUT2D eigenvalue weighted by Gasteiger charge is 2.33. The zero-order valence-electron chi connectivity index (χ0n) is 17.7. The van der Waals surface area contributed by atoms with Crippen molar-refractivity contribution in [1.29, 1.82) is 0 Å². The second-order valence-electron chi connectivity index (χ2n) is 7.44. The Morgan fingerprint density at radius 3 is 2.50 bits per heavy atom. The Kier molecular flexibility index (Phi) is 7.51. The summed E-state index contributed by atoms with van der Waals surface area (Å²) < 4.78 is 45.9. The van der Waals surface area contributed by atoms with Crippen molar-refractivity contribution < 1.29 is 27.8 Å². The van der Waals surface area contributed by atoms with Crippen molar-refractivity contribution in [1.82, 2.24) is 4.98 Å². The maximum absolute atomic E-state index is 13.4. The number of aryl methyl sites for hydroxylation is 2. The van der Waals surface area contributed by atoms with Crippen LogP contribution >= 0.6 is 0 Å². The minimum atomic E-state index is -4.48. The molecule has 1 N–H and O–H groups in total. The highest BCUT2D eigenvalue weighted by atomic mass is 19.4. The Morgan fingerprint density at radius 2 is 1.78 bits per heavy atom. The number of halogens is 3. The number of nitrogens with zero attached hydrogens (tertiary/aromatic N) is 1. The van der Waals surface area contributed by atoms with Crippen molar-refractivity contribution >= 4 is 5.97 Å². The fraction of sp³-hybridized carbons (Fsp3) is 0.280. The summed E-state index contributed by atoms with van der Waals surface area (Å²) in [7, 11) is 0. The fourth-order valence-electron chi connectivity index (χ4n) is 3.48. The van der Waals surface area contributed by atoms with Gasteiger partial charge in [-0.15, -0.1) is 0 Å². The molecule has 32 heavy (non-hydrogen) atoms. The van der Waals surface area contributed by atoms with E-state index in [9.17, 15) is 18.0 Å². The third-order valence-corrected chi connectivity index (χ3v) is 5.03. The lowest BCUT2D eigenvalue weighted by Gasteiger charge is -2.14. The molecule has 0 aliphatic rings. The van der Waals surface area contributed by atoms with Crippen molar-refractivity contribution in [3.63, 3.8) is 0 Å². The molecule has 7 heteroatoms. The maximum atomic E-state index is 13.4. The van der Waals surface area contributed by atoms with Gasteiger partial charge in [0.15, 0.2) is 0 Å². The zero-order chi connectivity index (χ0) is 23.1. The van der Waals surface area contributed by atoms with E-state index in [0.717, 1.165) is 35.6 Å². The summed E-state index contributed by atoms with van der Waals surface area (Å²) in [5.41, 5.74) is 2.39. The van der Waals surface area contributed by atoms with Gasteiger partial charge in [0.1, 0.15) is 6.61 Å². The SMILES string of the molecule is CCCc1cc(CCC(=O)O)ccc1COc1cccc(-c2ccccc2C(F)(F)F)n1. The van der Waals surface area contributed by atoms with Gasteiger partial charge in [0.25, 0.3) is 0 Å². The van der Waals surface area contributed by atoms with Crippen LogP contribution in [0.15, 0.2) is 60.7 Å². The van der Waals surface area contributed by atoms with Gasteiger partial charge in [-0.25, -0.2) is 4.98 Å². The molecule has 0 atom stereocenters. The zero-order valence-corrected chi connectivity index (χ0v) is 17.7. The largest absolute Gasteiger partial charge is 0.481 e. The lowest BCUT2D eigenvalue weighted by Crippen LogP contribution is -2.07. The van der Waals surface area contributed by atoms with Gasteiger partial charge in [0.05, 0.1) is 11.3 Å². The number of carbonyl (C=O) groups is 1. The second-order valence-corrected chi connectivity index (χ2v) is 7.44. The van der Waals surface area contributed by atoms with Gasteiger partial charge in [-0.05, 0) is 41.7 Å². The van der Waals surface area contributed by atoms with Crippen molar-refractivity contribution in [3.05, 3.63) is 82.9 Å². The molecule has 0 aliphatic carbocycles. The van der Waals surface area contributed by atoms with Crippen LogP contribution in [0.1, 0.15) is 42.0 Å². The summed E-state index contributed by atoms with van der Waals surface area (Å²) in [5.74, 6) is -0.607. The van der Waals surface area contributed by atoms with E-state index in [1.165, 1.54) is 18.2 Å². The number of alkyl halides is 3. The van der Waals surface area contributed by atoms with Gasteiger partial charge in [-0.1, -0.05) is 55.8 Å². The smallest absolute Gasteiger partial charge is 0.417 e. The van der Waals surface area contributed by atoms with E-state index in [2.05, 4.69) is 11.9 Å². The summed E-state index contributed by atoms with van der Waals surface area (Å²) in [4.78, 5) is 15.1. The van der Waals surface area contributed by atoms with Crippen LogP contribution < -0.4 is 4.74 Å². The molecule has 0 spiro atoms. The quantitative estimate of drug-likeness (QED) is 0.421. The number of aliphatic carboxylic acids is 1. The topological polar surface area (TPSA) is 59.4 Å². The monoisotopic (exact) mass is 443 g/mol. The molecule has 0 aliphatic heterocycles. The summed E-state index contributed by atoms with van der Waals surface area (Å²) in [5, 5.41) is 8.89. The lowest BCUT2D eigenvalue weighted by atomic mass is 9.98. The van der Waals surface area contributed by atoms with Gasteiger partial charge in [0.2, 0.25) is 5.88 Å². The summed E-state index contributed by atoms with van der Waals surface area (Å²) >= 11 is 0. The molecule has 2 aromatic carbocycles. The van der Waals surface area contributed by atoms with E-state index in [1.54, 1.807) is 18.2 Å². The molecule has 0 saturated carbocycles. The Bertz CT molecular complexity index is 1080. The van der Waals surface area contributed by atoms with Gasteiger partial charge < -0.3 is 9.84 Å². The van der Waals surface area contributed by atoms with Gasteiger partial charge >= 0.3 is 12.1 Å². The first-order chi connectivity index (χ1) is 15.3. The number of pyridine rings is 1. The van der Waals surface area contributed by atoms with E-state index in [0.29, 0.717) is 6.42 Å². The summed E-state index contributed by atoms with van der Waals surface area (Å²) in [6.07, 6.45) is -2.23. The average Bonchev–Trinajstić information content (AvgIpc) is 2.77. The van der Waals surface area contributed by atoms with Crippen molar-refractivity contribution in [3.8, 4) is 17.1 Å². The number of benzene rings is 2. The third-order valence-electron chi connectivity index (χ3n) is 5.03. The Labute approximate surface area is 184 Å². The average molecular weight is 443 g/mol. The van der Waals surface area contributed by atoms with Gasteiger partial charge in [-0.3, -0.25) is 4.79 Å². The Hall–Kier alpha value is -3.35.